The second kappa shape index (κ2) is 7.25. The molecule has 7 nitrogen and oxygen atoms in total. The second-order valence-corrected chi connectivity index (χ2v) is 4.35. The van der Waals surface area contributed by atoms with Gasteiger partial charge in [-0.3, -0.25) is 9.59 Å². The number of carbonyl (C=O) groups is 3. The van der Waals surface area contributed by atoms with Crippen molar-refractivity contribution >= 4 is 17.8 Å². The van der Waals surface area contributed by atoms with E-state index < -0.39 is 36.3 Å². The van der Waals surface area contributed by atoms with Gasteiger partial charge in [-0.05, 0) is 5.56 Å². The molecule has 0 spiro atoms. The Balaban J connectivity index is 2.57. The quantitative estimate of drug-likeness (QED) is 0.534. The minimum absolute atomic E-state index is 0.0768. The van der Waals surface area contributed by atoms with Gasteiger partial charge in [0.15, 0.2) is 0 Å². The number of carbonyl (C=O) groups excluding carboxylic acids is 2. The summed E-state index contributed by atoms with van der Waals surface area (Å²) >= 11 is 0. The van der Waals surface area contributed by atoms with Crippen molar-refractivity contribution in [2.24, 2.45) is 11.5 Å². The van der Waals surface area contributed by atoms with Crippen LogP contribution in [-0.2, 0) is 14.4 Å². The predicted octanol–water partition coefficient (Wildman–Crippen LogP) is -0.479. The Hall–Kier alpha value is -2.41. The molecule has 1 aromatic carbocycles. The van der Waals surface area contributed by atoms with E-state index in [1.807, 2.05) is 6.07 Å². The van der Waals surface area contributed by atoms with E-state index in [9.17, 15) is 14.4 Å². The number of aliphatic carboxylic acids is 1. The molecule has 0 aliphatic carbocycles. The molecule has 2 amide bonds. The highest BCUT2D eigenvalue weighted by molar-refractivity contribution is 5.88. The average molecular weight is 279 g/mol. The van der Waals surface area contributed by atoms with Gasteiger partial charge in [0.1, 0.15) is 6.04 Å². The Morgan fingerprint density at radius 1 is 1.15 bits per heavy atom. The van der Waals surface area contributed by atoms with Gasteiger partial charge in [-0.2, -0.15) is 0 Å². The van der Waals surface area contributed by atoms with Crippen LogP contribution in [0.2, 0.25) is 0 Å². The number of carboxylic acids is 1. The van der Waals surface area contributed by atoms with Gasteiger partial charge in [0, 0.05) is 12.5 Å². The van der Waals surface area contributed by atoms with E-state index in [1.54, 1.807) is 24.3 Å². The number of rotatable bonds is 7. The number of benzene rings is 1. The van der Waals surface area contributed by atoms with Crippen LogP contribution in [0.3, 0.4) is 0 Å². The summed E-state index contributed by atoms with van der Waals surface area (Å²) < 4.78 is 0. The summed E-state index contributed by atoms with van der Waals surface area (Å²) in [5.41, 5.74) is 11.5. The highest BCUT2D eigenvalue weighted by Gasteiger charge is 2.23. The minimum atomic E-state index is -1.33. The largest absolute Gasteiger partial charge is 0.480 e. The Morgan fingerprint density at radius 2 is 1.75 bits per heavy atom. The topological polar surface area (TPSA) is 136 Å². The van der Waals surface area contributed by atoms with Crippen LogP contribution in [0.5, 0.6) is 0 Å². The number of carboxylic acid groups (broad SMARTS) is 1. The normalized spacial score (nSPS) is 13.2. The average Bonchev–Trinajstić information content (AvgIpc) is 2.38. The molecular weight excluding hydrogens is 262 g/mol. The second-order valence-electron chi connectivity index (χ2n) is 4.35. The Kier molecular flexibility index (Phi) is 5.67. The Bertz CT molecular complexity index is 490. The van der Waals surface area contributed by atoms with E-state index in [0.717, 1.165) is 5.56 Å². The molecule has 1 aromatic rings. The molecule has 0 bridgehead atoms. The van der Waals surface area contributed by atoms with E-state index >= 15 is 0 Å². The fourth-order valence-electron chi connectivity index (χ4n) is 1.67. The lowest BCUT2D eigenvalue weighted by atomic mass is 10.0. The van der Waals surface area contributed by atoms with Gasteiger partial charge < -0.3 is 21.9 Å². The van der Waals surface area contributed by atoms with Crippen LogP contribution in [-0.4, -0.2) is 28.9 Å². The Labute approximate surface area is 115 Å². The Morgan fingerprint density at radius 3 is 2.25 bits per heavy atom. The van der Waals surface area contributed by atoms with Gasteiger partial charge >= 0.3 is 5.97 Å². The summed E-state index contributed by atoms with van der Waals surface area (Å²) in [7, 11) is 0. The highest BCUT2D eigenvalue weighted by Crippen LogP contribution is 2.13. The number of nitrogens with one attached hydrogen (secondary N) is 1. The molecule has 1 unspecified atom stereocenters. The van der Waals surface area contributed by atoms with Crippen molar-refractivity contribution in [1.82, 2.24) is 5.32 Å². The lowest BCUT2D eigenvalue weighted by Gasteiger charge is -2.15. The number of nitrogens with two attached hydrogens (primary N) is 2. The van der Waals surface area contributed by atoms with Crippen molar-refractivity contribution in [2.45, 2.75) is 24.9 Å². The van der Waals surface area contributed by atoms with Gasteiger partial charge in [0.25, 0.3) is 0 Å². The first-order chi connectivity index (χ1) is 9.40. The third kappa shape index (κ3) is 5.07. The molecule has 0 aliphatic rings. The van der Waals surface area contributed by atoms with Gasteiger partial charge in [-0.25, -0.2) is 4.79 Å². The molecule has 0 aliphatic heterocycles. The van der Waals surface area contributed by atoms with E-state index in [1.165, 1.54) is 0 Å². The number of primary amides is 1. The van der Waals surface area contributed by atoms with Crippen molar-refractivity contribution in [1.29, 1.82) is 0 Å². The van der Waals surface area contributed by atoms with Crippen molar-refractivity contribution < 1.29 is 19.5 Å². The molecule has 0 aromatic heterocycles. The van der Waals surface area contributed by atoms with Crippen molar-refractivity contribution in [3.05, 3.63) is 35.9 Å². The fourth-order valence-corrected chi connectivity index (χ4v) is 1.67. The zero-order valence-electron chi connectivity index (χ0n) is 10.8. The summed E-state index contributed by atoms with van der Waals surface area (Å²) in [6, 6.07) is 7.08. The van der Waals surface area contributed by atoms with Gasteiger partial charge in [-0.15, -0.1) is 0 Å². The van der Waals surface area contributed by atoms with Gasteiger partial charge in [-0.1, -0.05) is 30.3 Å². The maximum atomic E-state index is 11.7. The lowest BCUT2D eigenvalue weighted by molar-refractivity contribution is -0.143. The summed E-state index contributed by atoms with van der Waals surface area (Å²) in [5, 5.41) is 11.1. The summed E-state index contributed by atoms with van der Waals surface area (Å²) in [6.07, 6.45) is -0.534. The third-order valence-corrected chi connectivity index (χ3v) is 2.67. The van der Waals surface area contributed by atoms with Crippen LogP contribution in [0.4, 0.5) is 0 Å². The number of amides is 2. The van der Waals surface area contributed by atoms with Crippen LogP contribution in [0.15, 0.2) is 30.3 Å². The van der Waals surface area contributed by atoms with Gasteiger partial charge in [0.05, 0.1) is 6.42 Å². The van der Waals surface area contributed by atoms with Crippen molar-refractivity contribution in [3.8, 4) is 0 Å². The zero-order chi connectivity index (χ0) is 15.1. The molecule has 6 N–H and O–H groups in total. The minimum Gasteiger partial charge on any atom is -0.480 e. The first-order valence-corrected chi connectivity index (χ1v) is 6.01. The van der Waals surface area contributed by atoms with Crippen molar-refractivity contribution in [2.75, 3.05) is 0 Å². The maximum absolute atomic E-state index is 11.7. The van der Waals surface area contributed by atoms with Crippen LogP contribution < -0.4 is 16.8 Å². The molecule has 108 valence electrons. The molecule has 7 heteroatoms. The molecule has 0 saturated carbocycles. The molecule has 0 radical (unpaired) electrons. The standard InChI is InChI=1S/C13H17N3O4/c14-9(8-4-2-1-3-5-8)6-12(18)16-10(13(19)20)7-11(15)17/h1-5,9-10H,6-7,14H2,(H2,15,17)(H,16,18)(H,19,20)/t9?,10-/m0/s1. The van der Waals surface area contributed by atoms with E-state index in [2.05, 4.69) is 5.32 Å². The van der Waals surface area contributed by atoms with E-state index in [-0.39, 0.29) is 6.42 Å². The molecular formula is C13H17N3O4. The maximum Gasteiger partial charge on any atom is 0.326 e. The van der Waals surface area contributed by atoms with Crippen LogP contribution in [0, 0.1) is 0 Å². The highest BCUT2D eigenvalue weighted by atomic mass is 16.4. The van der Waals surface area contributed by atoms with E-state index in [0.29, 0.717) is 0 Å². The van der Waals surface area contributed by atoms with Crippen molar-refractivity contribution in [3.63, 3.8) is 0 Å². The fraction of sp³-hybridized carbons (Fsp3) is 0.308. The predicted molar refractivity (Wildman–Crippen MR) is 71.4 cm³/mol. The third-order valence-electron chi connectivity index (χ3n) is 2.67. The molecule has 20 heavy (non-hydrogen) atoms. The van der Waals surface area contributed by atoms with Gasteiger partial charge in [0.2, 0.25) is 11.8 Å². The summed E-state index contributed by atoms with van der Waals surface area (Å²) in [4.78, 5) is 33.3. The first kappa shape index (κ1) is 15.6. The molecule has 2 atom stereocenters. The van der Waals surface area contributed by atoms with Crippen LogP contribution >= 0.6 is 0 Å². The number of hydrogen-bond acceptors (Lipinski definition) is 4. The van der Waals surface area contributed by atoms with E-state index in [4.69, 9.17) is 16.6 Å². The number of hydrogen-bond donors (Lipinski definition) is 4. The zero-order valence-corrected chi connectivity index (χ0v) is 10.8. The lowest BCUT2D eigenvalue weighted by Crippen LogP contribution is -2.44. The van der Waals surface area contributed by atoms with Crippen LogP contribution in [0.25, 0.3) is 0 Å². The monoisotopic (exact) mass is 279 g/mol. The first-order valence-electron chi connectivity index (χ1n) is 6.01. The molecule has 0 saturated heterocycles. The van der Waals surface area contributed by atoms with Crippen LogP contribution in [0.1, 0.15) is 24.4 Å². The smallest absolute Gasteiger partial charge is 0.326 e. The summed E-state index contributed by atoms with van der Waals surface area (Å²) in [6.45, 7) is 0. The molecule has 0 heterocycles. The molecule has 1 rings (SSSR count). The molecule has 0 fully saturated rings. The SMILES string of the molecule is NC(=O)C[C@H](NC(=O)CC(N)c1ccccc1)C(=O)O. The summed E-state index contributed by atoms with van der Waals surface area (Å²) in [5.74, 6) is -2.66.